The van der Waals surface area contributed by atoms with Crippen molar-refractivity contribution in [2.24, 2.45) is 22.9 Å². The summed E-state index contributed by atoms with van der Waals surface area (Å²) in [6.07, 6.45) is 18.9. The lowest BCUT2D eigenvalue weighted by Crippen LogP contribution is -2.70. The summed E-state index contributed by atoms with van der Waals surface area (Å²) in [6, 6.07) is 14.4. The molecular formula is C54H81N3O11. The van der Waals surface area contributed by atoms with Gasteiger partial charge >= 0.3 is 12.2 Å². The van der Waals surface area contributed by atoms with Crippen LogP contribution in [-0.2, 0) is 25.7 Å². The van der Waals surface area contributed by atoms with Crippen LogP contribution in [0, 0.1) is 17.8 Å². The maximum Gasteiger partial charge on any atom is 0.412 e. The van der Waals surface area contributed by atoms with Gasteiger partial charge in [-0.05, 0) is 80.2 Å². The van der Waals surface area contributed by atoms with Gasteiger partial charge in [-0.25, -0.2) is 9.59 Å². The summed E-state index contributed by atoms with van der Waals surface area (Å²) in [6.45, 7) is 9.33. The second-order valence-electron chi connectivity index (χ2n) is 18.3. The van der Waals surface area contributed by atoms with Gasteiger partial charge in [0.1, 0.15) is 24.1 Å². The van der Waals surface area contributed by atoms with Crippen LogP contribution < -0.4 is 14.8 Å². The Morgan fingerprint density at radius 2 is 1.59 bits per heavy atom. The van der Waals surface area contributed by atoms with Crippen LogP contribution in [0.5, 0.6) is 11.5 Å². The number of benzene rings is 2. The standard InChI is InChI=1S/C54H81N3O11/c1-4-7-8-9-10-11-12-13-14-22-34-64-53(62)57(29-35-63-36-32-60)49-39-47(56-66-40-41-23-16-15-17-24-41)45-37-42(25-18-20-30-58)44(26-19-21-31-59)50-46-38-43(67-52(61)55-6-3)27-28-48(46)68-54(49,51(45)50)65-33-5-2/h5,15-17,23-24,27-28,37-38,42,44,49-51,58-60H,2,4,6-14,18-22,25-26,29-36,39-40H2,1,3H3,(H,55,61)/t42-,44+,49-,50+,51+,54+/m0/s1. The van der Waals surface area contributed by atoms with Gasteiger partial charge in [-0.1, -0.05) is 125 Å². The van der Waals surface area contributed by atoms with Gasteiger partial charge in [0.25, 0.3) is 0 Å². The maximum atomic E-state index is 14.8. The number of hydrogen-bond donors (Lipinski definition) is 4. The van der Waals surface area contributed by atoms with Crippen molar-refractivity contribution in [3.8, 4) is 11.5 Å². The van der Waals surface area contributed by atoms with Gasteiger partial charge in [-0.3, -0.25) is 4.90 Å². The molecule has 14 heteroatoms. The number of aliphatic hydroxyl groups excluding tert-OH is 3. The van der Waals surface area contributed by atoms with Crippen LogP contribution in [0.15, 0.2) is 78.0 Å². The molecule has 6 atom stereocenters. The smallest absolute Gasteiger partial charge is 0.412 e. The van der Waals surface area contributed by atoms with E-state index in [0.29, 0.717) is 36.6 Å². The van der Waals surface area contributed by atoms with Crippen LogP contribution in [-0.4, -0.2) is 109 Å². The van der Waals surface area contributed by atoms with Crippen molar-refractivity contribution in [1.29, 1.82) is 0 Å². The van der Waals surface area contributed by atoms with E-state index in [2.05, 4.69) is 24.9 Å². The van der Waals surface area contributed by atoms with E-state index in [4.69, 9.17) is 33.7 Å². The van der Waals surface area contributed by atoms with Gasteiger partial charge in [-0.2, -0.15) is 0 Å². The molecule has 1 saturated carbocycles. The molecule has 1 aliphatic heterocycles. The predicted molar refractivity (Wildman–Crippen MR) is 264 cm³/mol. The van der Waals surface area contributed by atoms with Crippen molar-refractivity contribution >= 4 is 17.9 Å². The number of oxime groups is 1. The molecule has 0 saturated heterocycles. The number of amides is 2. The fourth-order valence-electron chi connectivity index (χ4n) is 10.3. The molecule has 2 aromatic carbocycles. The highest BCUT2D eigenvalue weighted by atomic mass is 16.7. The van der Waals surface area contributed by atoms with Crippen molar-refractivity contribution in [3.63, 3.8) is 0 Å². The van der Waals surface area contributed by atoms with Crippen molar-refractivity contribution in [2.45, 2.75) is 147 Å². The van der Waals surface area contributed by atoms with Crippen molar-refractivity contribution < 1.29 is 53.4 Å². The summed E-state index contributed by atoms with van der Waals surface area (Å²) in [5.41, 5.74) is 3.30. The predicted octanol–water partition coefficient (Wildman–Crippen LogP) is 10.00. The van der Waals surface area contributed by atoms with E-state index < -0.39 is 29.9 Å². The van der Waals surface area contributed by atoms with Gasteiger partial charge in [-0.15, -0.1) is 6.58 Å². The second kappa shape index (κ2) is 30.2. The number of hydrogen-bond acceptors (Lipinski definition) is 12. The third-order valence-corrected chi connectivity index (χ3v) is 13.5. The van der Waals surface area contributed by atoms with E-state index in [1.54, 1.807) is 17.0 Å². The lowest BCUT2D eigenvalue weighted by molar-refractivity contribution is -0.256. The lowest BCUT2D eigenvalue weighted by Gasteiger charge is -2.59. The van der Waals surface area contributed by atoms with E-state index in [9.17, 15) is 24.9 Å². The first-order valence-corrected chi connectivity index (χ1v) is 25.7. The Morgan fingerprint density at radius 1 is 0.868 bits per heavy atom. The number of carbonyl (C=O) groups excluding carboxylic acids is 2. The molecule has 3 aliphatic rings. The van der Waals surface area contributed by atoms with Crippen LogP contribution >= 0.6 is 0 Å². The van der Waals surface area contributed by atoms with E-state index >= 15 is 0 Å². The molecule has 2 amide bonds. The van der Waals surface area contributed by atoms with Gasteiger partial charge in [0.15, 0.2) is 0 Å². The van der Waals surface area contributed by atoms with Gasteiger partial charge in [0.2, 0.25) is 5.79 Å². The fraction of sp³-hybridized carbons (Fsp3) is 0.648. The van der Waals surface area contributed by atoms with Crippen LogP contribution in [0.1, 0.15) is 140 Å². The van der Waals surface area contributed by atoms with Crippen molar-refractivity contribution in [3.05, 3.63) is 84.0 Å². The van der Waals surface area contributed by atoms with Crippen LogP contribution in [0.4, 0.5) is 9.59 Å². The number of nitrogens with zero attached hydrogens (tertiary/aromatic N) is 2. The Hall–Kier alpha value is -4.47. The number of carbonyl (C=O) groups is 2. The number of allylic oxidation sites excluding steroid dienone is 1. The summed E-state index contributed by atoms with van der Waals surface area (Å²) in [5.74, 6) is -1.55. The fourth-order valence-corrected chi connectivity index (χ4v) is 10.3. The highest BCUT2D eigenvalue weighted by molar-refractivity contribution is 6.03. The largest absolute Gasteiger partial charge is 0.459 e. The summed E-state index contributed by atoms with van der Waals surface area (Å²) >= 11 is 0. The minimum absolute atomic E-state index is 0.0115. The molecule has 0 bridgehead atoms. The monoisotopic (exact) mass is 948 g/mol. The Balaban J connectivity index is 1.62. The third-order valence-electron chi connectivity index (χ3n) is 13.5. The molecule has 0 unspecified atom stereocenters. The average Bonchev–Trinajstić information content (AvgIpc) is 3.34. The lowest BCUT2D eigenvalue weighted by atomic mass is 9.55. The molecule has 1 fully saturated rings. The van der Waals surface area contributed by atoms with Gasteiger partial charge in [0, 0.05) is 44.2 Å². The zero-order chi connectivity index (χ0) is 48.4. The van der Waals surface area contributed by atoms with Crippen LogP contribution in [0.25, 0.3) is 0 Å². The maximum absolute atomic E-state index is 14.8. The number of rotatable bonds is 33. The van der Waals surface area contributed by atoms with Crippen molar-refractivity contribution in [1.82, 2.24) is 10.2 Å². The second-order valence-corrected chi connectivity index (χ2v) is 18.3. The Labute approximate surface area is 405 Å². The number of unbranched alkanes of at least 4 members (excludes halogenated alkanes) is 11. The van der Waals surface area contributed by atoms with E-state index in [1.165, 1.54) is 38.5 Å². The highest BCUT2D eigenvalue weighted by Crippen LogP contribution is 2.62. The number of fused-ring (bicyclic) bond motifs is 2. The molecule has 5 rings (SSSR count). The molecule has 2 aliphatic carbocycles. The van der Waals surface area contributed by atoms with Crippen LogP contribution in [0.2, 0.25) is 0 Å². The molecule has 378 valence electrons. The first kappa shape index (κ1) is 54.5. The summed E-state index contributed by atoms with van der Waals surface area (Å²) in [4.78, 5) is 35.5. The summed E-state index contributed by atoms with van der Waals surface area (Å²) in [7, 11) is 0. The summed E-state index contributed by atoms with van der Waals surface area (Å²) in [5, 5.41) is 37.2. The molecule has 0 radical (unpaired) electrons. The molecule has 0 spiro atoms. The number of ether oxygens (including phenoxy) is 5. The Kier molecular flexibility index (Phi) is 24.2. The Morgan fingerprint density at radius 3 is 2.28 bits per heavy atom. The zero-order valence-electron chi connectivity index (χ0n) is 41.0. The molecule has 1 heterocycles. The first-order chi connectivity index (χ1) is 33.3. The Bertz CT molecular complexity index is 1860. The number of aliphatic hydroxyl groups is 3. The minimum atomic E-state index is -1.52. The third kappa shape index (κ3) is 15.5. The zero-order valence-corrected chi connectivity index (χ0v) is 41.0. The highest BCUT2D eigenvalue weighted by Gasteiger charge is 2.65. The van der Waals surface area contributed by atoms with E-state index in [-0.39, 0.29) is 83.6 Å². The molecule has 0 aromatic heterocycles. The topological polar surface area (TPSA) is 178 Å². The van der Waals surface area contributed by atoms with Gasteiger partial charge in [0.05, 0.1) is 44.7 Å². The normalized spacial score (nSPS) is 22.0. The quantitative estimate of drug-likeness (QED) is 0.0304. The minimum Gasteiger partial charge on any atom is -0.459 e. The van der Waals surface area contributed by atoms with Gasteiger partial charge < -0.3 is 49.2 Å². The molecule has 2 aromatic rings. The average molecular weight is 948 g/mol. The molecular weight excluding hydrogens is 867 g/mol. The van der Waals surface area contributed by atoms with E-state index in [0.717, 1.165) is 68.1 Å². The first-order valence-electron chi connectivity index (χ1n) is 25.7. The van der Waals surface area contributed by atoms with Crippen LogP contribution in [0.3, 0.4) is 0 Å². The number of nitrogens with one attached hydrogen (secondary N) is 1. The molecule has 4 N–H and O–H groups in total. The molecule has 68 heavy (non-hydrogen) atoms. The van der Waals surface area contributed by atoms with E-state index in [1.807, 2.05) is 49.4 Å². The summed E-state index contributed by atoms with van der Waals surface area (Å²) < 4.78 is 32.2. The molecule has 14 nitrogen and oxygen atoms in total. The van der Waals surface area contributed by atoms with Crippen molar-refractivity contribution in [2.75, 3.05) is 59.3 Å². The SMILES string of the molecule is C=CCO[C@@]12Oc3ccc(OC(=O)NCC)cc3[C@H]3[C@H](CCCCO)[C@@H](CCCCO)C=C(C(=NOCc4ccccc4)C[C@@H]1N(CCOCCO)C(=O)OCCCCCCCCCCCC)[C@H]32.